The van der Waals surface area contributed by atoms with Gasteiger partial charge in [-0.15, -0.1) is 0 Å². The summed E-state index contributed by atoms with van der Waals surface area (Å²) in [6.07, 6.45) is 13.1. The highest BCUT2D eigenvalue weighted by molar-refractivity contribution is 5.38. The van der Waals surface area contributed by atoms with Crippen molar-refractivity contribution in [3.8, 4) is 0 Å². The third-order valence-corrected chi connectivity index (χ3v) is 8.91. The van der Waals surface area contributed by atoms with Crippen molar-refractivity contribution in [1.29, 1.82) is 0 Å². The van der Waals surface area contributed by atoms with E-state index in [4.69, 9.17) is 0 Å². The molecule has 3 aliphatic rings. The molecule has 0 saturated heterocycles. The molecular formula is C28H44O5. The normalized spacial score (nSPS) is 38.6. The summed E-state index contributed by atoms with van der Waals surface area (Å²) in [6, 6.07) is 0. The van der Waals surface area contributed by atoms with E-state index in [1.807, 2.05) is 6.08 Å². The maximum atomic E-state index is 10.7. The van der Waals surface area contributed by atoms with Gasteiger partial charge < -0.3 is 25.5 Å². The standard InChI is InChI=1S/C28H44O5/c1-18(12-14-28(33,17-29)26(3,4)32)23-10-11-24-20(7-6-13-27(23,24)5)8-9-21-15-22(30)16-25(31)19(21)2/h8-9,12,14,18,22-25,29-33H,2,6-7,10-11,13,15-17H2,1,3-5H3/b14-12+,20-8+,21-9-/t18-,22-,23-,24+,25+,27-,28?/m1/s1. The lowest BCUT2D eigenvalue weighted by atomic mass is 9.61. The number of aliphatic hydroxyl groups is 5. The molecule has 7 atom stereocenters. The molecule has 0 bridgehead atoms. The Morgan fingerprint density at radius 3 is 2.52 bits per heavy atom. The van der Waals surface area contributed by atoms with E-state index in [0.717, 1.165) is 43.3 Å². The van der Waals surface area contributed by atoms with Crippen LogP contribution in [-0.2, 0) is 0 Å². The van der Waals surface area contributed by atoms with Crippen molar-refractivity contribution >= 4 is 0 Å². The zero-order valence-electron chi connectivity index (χ0n) is 20.8. The van der Waals surface area contributed by atoms with E-state index in [1.54, 1.807) is 6.08 Å². The second-order valence-corrected chi connectivity index (χ2v) is 11.5. The Bertz CT molecular complexity index is 819. The van der Waals surface area contributed by atoms with E-state index < -0.39 is 30.0 Å². The van der Waals surface area contributed by atoms with Crippen LogP contribution in [0.4, 0.5) is 0 Å². The largest absolute Gasteiger partial charge is 0.393 e. The van der Waals surface area contributed by atoms with Gasteiger partial charge >= 0.3 is 0 Å². The van der Waals surface area contributed by atoms with Crippen molar-refractivity contribution in [2.75, 3.05) is 6.61 Å². The van der Waals surface area contributed by atoms with E-state index in [1.165, 1.54) is 19.4 Å². The molecule has 5 nitrogen and oxygen atoms in total. The topological polar surface area (TPSA) is 101 Å². The number of fused-ring (bicyclic) bond motifs is 1. The molecule has 5 heteroatoms. The van der Waals surface area contributed by atoms with E-state index in [2.05, 4.69) is 32.6 Å². The monoisotopic (exact) mass is 460 g/mol. The molecule has 0 spiro atoms. The summed E-state index contributed by atoms with van der Waals surface area (Å²) in [5.74, 6) is 1.15. The summed E-state index contributed by atoms with van der Waals surface area (Å²) >= 11 is 0. The Kier molecular flexibility index (Phi) is 7.82. The van der Waals surface area contributed by atoms with Crippen LogP contribution in [0.5, 0.6) is 0 Å². The fraction of sp³-hybridized carbons (Fsp3) is 0.714. The highest BCUT2D eigenvalue weighted by Gasteiger charge is 2.50. The zero-order valence-corrected chi connectivity index (χ0v) is 20.8. The highest BCUT2D eigenvalue weighted by Crippen LogP contribution is 2.59. The first-order valence-corrected chi connectivity index (χ1v) is 12.5. The number of rotatable bonds is 6. The Balaban J connectivity index is 1.79. The number of hydrogen-bond acceptors (Lipinski definition) is 5. The van der Waals surface area contributed by atoms with E-state index in [-0.39, 0.29) is 11.3 Å². The van der Waals surface area contributed by atoms with Gasteiger partial charge in [-0.05, 0) is 86.7 Å². The van der Waals surface area contributed by atoms with Crippen molar-refractivity contribution in [2.24, 2.45) is 23.2 Å². The van der Waals surface area contributed by atoms with Gasteiger partial charge in [-0.1, -0.05) is 50.3 Å². The molecule has 0 aromatic heterocycles. The van der Waals surface area contributed by atoms with Gasteiger partial charge in [0.25, 0.3) is 0 Å². The number of allylic oxidation sites excluding steroid dienone is 4. The lowest BCUT2D eigenvalue weighted by molar-refractivity contribution is -0.123. The summed E-state index contributed by atoms with van der Waals surface area (Å²) in [7, 11) is 0. The van der Waals surface area contributed by atoms with Crippen molar-refractivity contribution in [1.82, 2.24) is 0 Å². The van der Waals surface area contributed by atoms with Crippen LogP contribution < -0.4 is 0 Å². The average Bonchev–Trinajstić information content (AvgIpc) is 3.10. The van der Waals surface area contributed by atoms with Crippen molar-refractivity contribution in [3.63, 3.8) is 0 Å². The summed E-state index contributed by atoms with van der Waals surface area (Å²) in [6.45, 7) is 11.1. The molecule has 0 aliphatic heterocycles. The molecule has 0 aromatic carbocycles. The van der Waals surface area contributed by atoms with Crippen molar-refractivity contribution in [3.05, 3.63) is 47.6 Å². The van der Waals surface area contributed by atoms with Gasteiger partial charge in [-0.25, -0.2) is 0 Å². The first kappa shape index (κ1) is 26.4. The molecule has 5 N–H and O–H groups in total. The van der Waals surface area contributed by atoms with Gasteiger partial charge in [-0.2, -0.15) is 0 Å². The van der Waals surface area contributed by atoms with Crippen LogP contribution in [0.15, 0.2) is 47.6 Å². The van der Waals surface area contributed by atoms with Crippen LogP contribution in [0.3, 0.4) is 0 Å². The minimum absolute atomic E-state index is 0.154. The minimum atomic E-state index is -1.67. The maximum absolute atomic E-state index is 10.7. The lowest BCUT2D eigenvalue weighted by Gasteiger charge is -2.44. The fourth-order valence-corrected chi connectivity index (χ4v) is 6.50. The van der Waals surface area contributed by atoms with Crippen LogP contribution in [0.1, 0.15) is 72.6 Å². The molecule has 1 unspecified atom stereocenters. The SMILES string of the molecule is C=C1/C(=C\C=C2/CCC[C@]3(C)[C@@H]([C@H](C)/C=C/C(O)(CO)C(C)(C)O)CC[C@@H]23)C[C@@H](O)C[C@@H]1O. The summed E-state index contributed by atoms with van der Waals surface area (Å²) in [5, 5.41) is 50.9. The third kappa shape index (κ3) is 5.23. The molecule has 33 heavy (non-hydrogen) atoms. The van der Waals surface area contributed by atoms with Crippen molar-refractivity contribution < 1.29 is 25.5 Å². The van der Waals surface area contributed by atoms with E-state index >= 15 is 0 Å². The minimum Gasteiger partial charge on any atom is -0.393 e. The van der Waals surface area contributed by atoms with Gasteiger partial charge in [0, 0.05) is 6.42 Å². The molecule has 3 rings (SSSR count). The molecular weight excluding hydrogens is 416 g/mol. The summed E-state index contributed by atoms with van der Waals surface area (Å²) in [5.41, 5.74) is 0.172. The van der Waals surface area contributed by atoms with Crippen LogP contribution in [0.25, 0.3) is 0 Å². The predicted molar refractivity (Wildman–Crippen MR) is 131 cm³/mol. The second-order valence-electron chi connectivity index (χ2n) is 11.5. The Morgan fingerprint density at radius 2 is 1.88 bits per heavy atom. The third-order valence-electron chi connectivity index (χ3n) is 8.91. The number of hydrogen-bond donors (Lipinski definition) is 5. The van der Waals surface area contributed by atoms with Gasteiger partial charge in [-0.3, -0.25) is 0 Å². The first-order valence-electron chi connectivity index (χ1n) is 12.5. The zero-order chi connectivity index (χ0) is 24.6. The highest BCUT2D eigenvalue weighted by atomic mass is 16.4. The van der Waals surface area contributed by atoms with Gasteiger partial charge in [0.1, 0.15) is 5.60 Å². The predicted octanol–water partition coefficient (Wildman–Crippen LogP) is 3.81. The van der Waals surface area contributed by atoms with Crippen LogP contribution >= 0.6 is 0 Å². The second kappa shape index (κ2) is 9.79. The van der Waals surface area contributed by atoms with Crippen LogP contribution in [-0.4, -0.2) is 55.5 Å². The molecule has 3 aliphatic carbocycles. The fourth-order valence-electron chi connectivity index (χ4n) is 6.50. The molecule has 186 valence electrons. The summed E-state index contributed by atoms with van der Waals surface area (Å²) < 4.78 is 0. The van der Waals surface area contributed by atoms with Crippen LogP contribution in [0.2, 0.25) is 0 Å². The number of aliphatic hydroxyl groups excluding tert-OH is 3. The first-order chi connectivity index (χ1) is 15.3. The molecule has 0 heterocycles. The lowest BCUT2D eigenvalue weighted by Crippen LogP contribution is -2.51. The maximum Gasteiger partial charge on any atom is 0.134 e. The van der Waals surface area contributed by atoms with Gasteiger partial charge in [0.15, 0.2) is 0 Å². The van der Waals surface area contributed by atoms with Crippen molar-refractivity contribution in [2.45, 2.75) is 96.1 Å². The summed E-state index contributed by atoms with van der Waals surface area (Å²) in [4.78, 5) is 0. The Labute approximate surface area is 199 Å². The van der Waals surface area contributed by atoms with Gasteiger partial charge in [0.05, 0.1) is 24.4 Å². The smallest absolute Gasteiger partial charge is 0.134 e. The molecule has 3 saturated carbocycles. The average molecular weight is 461 g/mol. The van der Waals surface area contributed by atoms with Gasteiger partial charge in [0.2, 0.25) is 0 Å². The quantitative estimate of drug-likeness (QED) is 0.388. The Morgan fingerprint density at radius 1 is 1.18 bits per heavy atom. The molecule has 0 aromatic rings. The van der Waals surface area contributed by atoms with E-state index in [9.17, 15) is 25.5 Å². The van der Waals surface area contributed by atoms with E-state index in [0.29, 0.717) is 24.7 Å². The molecule has 0 amide bonds. The Hall–Kier alpha value is -1.24. The molecule has 0 radical (unpaired) electrons. The van der Waals surface area contributed by atoms with Crippen LogP contribution in [0, 0.1) is 23.2 Å². The molecule has 3 fully saturated rings.